The fourth-order valence-corrected chi connectivity index (χ4v) is 3.08. The topological polar surface area (TPSA) is 88.5 Å². The van der Waals surface area contributed by atoms with Crippen LogP contribution < -0.4 is 5.43 Å². The Kier molecular flexibility index (Phi) is 4.49. The predicted octanol–water partition coefficient (Wildman–Crippen LogP) is 4.27. The Labute approximate surface area is 165 Å². The molecule has 0 aliphatic heterocycles. The molecule has 2 aromatic heterocycles. The van der Waals surface area contributed by atoms with E-state index in [1.807, 2.05) is 0 Å². The standard InChI is InChI=1S/C20H12F4N2O4/c21-13-4-2-1-3-10(13)8-26-9-11(7-25-26)15-16(28)12-5-6-14(27)17(29)18(12)30-19(15)20(22,23)24/h1-7,9,27,29H,8H2. The van der Waals surface area contributed by atoms with Crippen molar-refractivity contribution in [2.75, 3.05) is 0 Å². The molecular formula is C20H12F4N2O4. The number of phenolic OH excluding ortho intramolecular Hbond substituents is 2. The molecule has 4 rings (SSSR count). The Morgan fingerprint density at radius 1 is 1.10 bits per heavy atom. The van der Waals surface area contributed by atoms with Gasteiger partial charge in [0.05, 0.1) is 23.7 Å². The van der Waals surface area contributed by atoms with Crippen LogP contribution >= 0.6 is 0 Å². The highest BCUT2D eigenvalue weighted by Crippen LogP contribution is 2.40. The third kappa shape index (κ3) is 3.25. The van der Waals surface area contributed by atoms with Gasteiger partial charge in [-0.2, -0.15) is 18.3 Å². The van der Waals surface area contributed by atoms with Crippen LogP contribution in [0.15, 0.2) is 58.0 Å². The smallest absolute Gasteiger partial charge is 0.450 e. The molecule has 0 atom stereocenters. The van der Waals surface area contributed by atoms with E-state index in [0.717, 1.165) is 18.3 Å². The molecule has 4 aromatic rings. The number of hydrogen-bond acceptors (Lipinski definition) is 5. The van der Waals surface area contributed by atoms with Crippen molar-refractivity contribution in [2.24, 2.45) is 0 Å². The first-order valence-corrected chi connectivity index (χ1v) is 8.52. The lowest BCUT2D eigenvalue weighted by molar-refractivity contribution is -0.152. The summed E-state index contributed by atoms with van der Waals surface area (Å²) in [6.07, 6.45) is -2.87. The van der Waals surface area contributed by atoms with Crippen LogP contribution in [-0.4, -0.2) is 20.0 Å². The van der Waals surface area contributed by atoms with E-state index >= 15 is 0 Å². The third-order valence-corrected chi connectivity index (χ3v) is 4.48. The molecule has 0 saturated heterocycles. The van der Waals surface area contributed by atoms with Gasteiger partial charge in [0.2, 0.25) is 16.9 Å². The molecule has 2 aromatic carbocycles. The first kappa shape index (κ1) is 19.5. The van der Waals surface area contributed by atoms with Gasteiger partial charge < -0.3 is 14.6 Å². The molecule has 2 N–H and O–H groups in total. The van der Waals surface area contributed by atoms with Crippen molar-refractivity contribution in [1.29, 1.82) is 0 Å². The summed E-state index contributed by atoms with van der Waals surface area (Å²) in [5, 5.41) is 22.9. The third-order valence-electron chi connectivity index (χ3n) is 4.48. The van der Waals surface area contributed by atoms with Crippen molar-refractivity contribution < 1.29 is 32.2 Å². The van der Waals surface area contributed by atoms with Crippen LogP contribution in [0, 0.1) is 5.82 Å². The molecular weight excluding hydrogens is 408 g/mol. The summed E-state index contributed by atoms with van der Waals surface area (Å²) in [5.74, 6) is -3.86. The maximum atomic E-state index is 13.8. The molecule has 10 heteroatoms. The zero-order valence-electron chi connectivity index (χ0n) is 14.9. The molecule has 0 aliphatic rings. The number of alkyl halides is 3. The second-order valence-electron chi connectivity index (χ2n) is 6.46. The molecule has 0 radical (unpaired) electrons. The van der Waals surface area contributed by atoms with Gasteiger partial charge in [0.1, 0.15) is 5.82 Å². The summed E-state index contributed by atoms with van der Waals surface area (Å²) < 4.78 is 60.7. The number of aromatic hydroxyl groups is 2. The predicted molar refractivity (Wildman–Crippen MR) is 97.5 cm³/mol. The number of halogens is 4. The Morgan fingerprint density at radius 2 is 1.83 bits per heavy atom. The van der Waals surface area contributed by atoms with Gasteiger partial charge in [0.25, 0.3) is 0 Å². The van der Waals surface area contributed by atoms with E-state index in [0.29, 0.717) is 0 Å². The van der Waals surface area contributed by atoms with Crippen LogP contribution in [0.5, 0.6) is 11.5 Å². The minimum absolute atomic E-state index is 0.0679. The zero-order chi connectivity index (χ0) is 21.6. The normalized spacial score (nSPS) is 11.9. The van der Waals surface area contributed by atoms with Crippen LogP contribution in [0.3, 0.4) is 0 Å². The zero-order valence-corrected chi connectivity index (χ0v) is 14.9. The number of phenols is 2. The van der Waals surface area contributed by atoms with E-state index in [4.69, 9.17) is 4.42 Å². The van der Waals surface area contributed by atoms with Crippen molar-refractivity contribution in [3.8, 4) is 22.6 Å². The molecule has 0 aliphatic carbocycles. The van der Waals surface area contributed by atoms with Gasteiger partial charge in [0, 0.05) is 17.3 Å². The highest BCUT2D eigenvalue weighted by atomic mass is 19.4. The lowest BCUT2D eigenvalue weighted by Crippen LogP contribution is -2.16. The number of rotatable bonds is 3. The fraction of sp³-hybridized carbons (Fsp3) is 0.100. The average Bonchev–Trinajstić information content (AvgIpc) is 3.14. The number of fused-ring (bicyclic) bond motifs is 1. The second kappa shape index (κ2) is 6.90. The first-order valence-electron chi connectivity index (χ1n) is 8.52. The monoisotopic (exact) mass is 420 g/mol. The molecule has 0 spiro atoms. The molecule has 30 heavy (non-hydrogen) atoms. The van der Waals surface area contributed by atoms with Crippen LogP contribution in [0.2, 0.25) is 0 Å². The van der Waals surface area contributed by atoms with Crippen molar-refractivity contribution >= 4 is 11.0 Å². The van der Waals surface area contributed by atoms with E-state index in [9.17, 15) is 32.6 Å². The van der Waals surface area contributed by atoms with E-state index in [2.05, 4.69) is 5.10 Å². The first-order chi connectivity index (χ1) is 14.2. The number of hydrogen-bond donors (Lipinski definition) is 2. The van der Waals surface area contributed by atoms with Crippen molar-refractivity contribution in [1.82, 2.24) is 9.78 Å². The van der Waals surface area contributed by atoms with Gasteiger partial charge in [-0.1, -0.05) is 18.2 Å². The average molecular weight is 420 g/mol. The van der Waals surface area contributed by atoms with Gasteiger partial charge >= 0.3 is 6.18 Å². The quantitative estimate of drug-likeness (QED) is 0.382. The van der Waals surface area contributed by atoms with Crippen LogP contribution in [0.25, 0.3) is 22.1 Å². The molecule has 0 fully saturated rings. The largest absolute Gasteiger partial charge is 0.504 e. The number of benzene rings is 2. The van der Waals surface area contributed by atoms with Crippen molar-refractivity contribution in [2.45, 2.75) is 12.7 Å². The van der Waals surface area contributed by atoms with E-state index in [1.54, 1.807) is 6.07 Å². The molecule has 0 saturated carbocycles. The molecule has 0 amide bonds. The number of aromatic nitrogens is 2. The minimum atomic E-state index is -5.08. The van der Waals surface area contributed by atoms with E-state index in [1.165, 1.54) is 29.1 Å². The number of nitrogens with zero attached hydrogens (tertiary/aromatic N) is 2. The van der Waals surface area contributed by atoms with Gasteiger partial charge in [-0.25, -0.2) is 4.39 Å². The van der Waals surface area contributed by atoms with E-state index < -0.39 is 45.8 Å². The minimum Gasteiger partial charge on any atom is -0.504 e. The summed E-state index contributed by atoms with van der Waals surface area (Å²) >= 11 is 0. The second-order valence-corrected chi connectivity index (χ2v) is 6.46. The Balaban J connectivity index is 1.90. The summed E-state index contributed by atoms with van der Waals surface area (Å²) in [5.41, 5.74) is -2.59. The maximum absolute atomic E-state index is 13.8. The molecule has 6 nitrogen and oxygen atoms in total. The highest BCUT2D eigenvalue weighted by Gasteiger charge is 2.40. The SMILES string of the molecule is O=c1c(-c2cnn(Cc3ccccc3F)c2)c(C(F)(F)F)oc2c(O)c(O)ccc12. The summed E-state index contributed by atoms with van der Waals surface area (Å²) in [7, 11) is 0. The Hall–Kier alpha value is -3.82. The van der Waals surface area contributed by atoms with Crippen molar-refractivity contribution in [3.05, 3.63) is 76.2 Å². The van der Waals surface area contributed by atoms with Gasteiger partial charge in [-0.15, -0.1) is 0 Å². The van der Waals surface area contributed by atoms with Crippen LogP contribution in [0.1, 0.15) is 11.3 Å². The molecule has 0 unspecified atom stereocenters. The lowest BCUT2D eigenvalue weighted by Gasteiger charge is -2.12. The van der Waals surface area contributed by atoms with Gasteiger partial charge in [-0.3, -0.25) is 9.48 Å². The summed E-state index contributed by atoms with van der Waals surface area (Å²) in [6, 6.07) is 7.84. The van der Waals surface area contributed by atoms with Gasteiger partial charge in [-0.05, 0) is 18.2 Å². The highest BCUT2D eigenvalue weighted by molar-refractivity contribution is 5.88. The summed E-state index contributed by atoms with van der Waals surface area (Å²) in [6.45, 7) is -0.0679. The van der Waals surface area contributed by atoms with E-state index in [-0.39, 0.29) is 23.1 Å². The van der Waals surface area contributed by atoms with Crippen molar-refractivity contribution in [3.63, 3.8) is 0 Å². The maximum Gasteiger partial charge on any atom is 0.450 e. The van der Waals surface area contributed by atoms with Crippen LogP contribution in [-0.2, 0) is 12.7 Å². The molecule has 0 bridgehead atoms. The molecule has 154 valence electrons. The fourth-order valence-electron chi connectivity index (χ4n) is 3.08. The Morgan fingerprint density at radius 3 is 2.53 bits per heavy atom. The lowest BCUT2D eigenvalue weighted by atomic mass is 10.0. The molecule has 2 heterocycles. The summed E-state index contributed by atoms with van der Waals surface area (Å²) in [4.78, 5) is 12.8. The van der Waals surface area contributed by atoms with Crippen LogP contribution in [0.4, 0.5) is 17.6 Å². The Bertz CT molecular complexity index is 1320. The van der Waals surface area contributed by atoms with Gasteiger partial charge in [0.15, 0.2) is 11.3 Å².